The first-order valence-electron chi connectivity index (χ1n) is 15.0. The van der Waals surface area contributed by atoms with Gasteiger partial charge in [-0.1, -0.05) is 43.2 Å². The Morgan fingerprint density at radius 3 is 2.38 bits per heavy atom. The lowest BCUT2D eigenvalue weighted by molar-refractivity contribution is -0.239. The molecule has 220 valence electrons. The van der Waals surface area contributed by atoms with Crippen LogP contribution in [0.2, 0.25) is 0 Å². The predicted molar refractivity (Wildman–Crippen MR) is 150 cm³/mol. The molecule has 4 fully saturated rings. The number of fused-ring (bicyclic) bond motifs is 5. The van der Waals surface area contributed by atoms with Gasteiger partial charge in [-0.15, -0.1) is 0 Å². The van der Waals surface area contributed by atoms with Crippen molar-refractivity contribution in [3.05, 3.63) is 41.5 Å². The third-order valence-corrected chi connectivity index (χ3v) is 12.9. The van der Waals surface area contributed by atoms with Crippen LogP contribution in [0.4, 0.5) is 0 Å². The van der Waals surface area contributed by atoms with Crippen molar-refractivity contribution in [2.24, 2.45) is 34.5 Å². The Hall–Kier alpha value is -1.74. The highest BCUT2D eigenvalue weighted by Gasteiger charge is 2.67. The molecule has 0 bridgehead atoms. The molecule has 5 aliphatic rings. The Morgan fingerprint density at radius 1 is 1.00 bits per heavy atom. The zero-order chi connectivity index (χ0) is 28.5. The van der Waals surface area contributed by atoms with Crippen LogP contribution in [-0.2, 0) is 33.3 Å². The summed E-state index contributed by atoms with van der Waals surface area (Å²) >= 11 is 0. The van der Waals surface area contributed by atoms with Gasteiger partial charge in [-0.2, -0.15) is 8.42 Å². The first kappa shape index (κ1) is 28.4. The van der Waals surface area contributed by atoms with E-state index in [-0.39, 0.29) is 39.8 Å². The molecular formula is C32H44O7S. The summed E-state index contributed by atoms with van der Waals surface area (Å²) in [6.45, 7) is 11.4. The van der Waals surface area contributed by atoms with Gasteiger partial charge >= 0.3 is 5.97 Å². The summed E-state index contributed by atoms with van der Waals surface area (Å²) in [6, 6.07) is 6.83. The largest absolute Gasteiger partial charge is 0.462 e. The average Bonchev–Trinajstić information content (AvgIpc) is 3.49. The molecule has 0 amide bonds. The van der Waals surface area contributed by atoms with Gasteiger partial charge < -0.3 is 14.2 Å². The van der Waals surface area contributed by atoms with E-state index < -0.39 is 15.9 Å². The van der Waals surface area contributed by atoms with Gasteiger partial charge in [0.15, 0.2) is 5.79 Å². The normalized spacial score (nSPS) is 40.5. The lowest BCUT2D eigenvalue weighted by Gasteiger charge is -2.60. The average molecular weight is 573 g/mol. The Bertz CT molecular complexity index is 1280. The van der Waals surface area contributed by atoms with Crippen molar-refractivity contribution in [2.75, 3.05) is 13.2 Å². The molecular weight excluding hydrogens is 528 g/mol. The molecule has 0 aromatic heterocycles. The van der Waals surface area contributed by atoms with Crippen LogP contribution in [0.5, 0.6) is 0 Å². The molecule has 6 rings (SSSR count). The maximum Gasteiger partial charge on any atom is 0.302 e. The van der Waals surface area contributed by atoms with E-state index in [4.69, 9.17) is 18.4 Å². The molecule has 4 unspecified atom stereocenters. The highest BCUT2D eigenvalue weighted by atomic mass is 32.2. The van der Waals surface area contributed by atoms with Crippen LogP contribution < -0.4 is 0 Å². The third kappa shape index (κ3) is 4.48. The van der Waals surface area contributed by atoms with Crippen molar-refractivity contribution < 1.29 is 31.6 Å². The van der Waals surface area contributed by atoms with Crippen LogP contribution in [-0.4, -0.2) is 45.6 Å². The zero-order valence-electron chi connectivity index (χ0n) is 24.5. The molecule has 8 atom stereocenters. The number of rotatable bonds is 5. The lowest BCUT2D eigenvalue weighted by atomic mass is 9.46. The molecule has 8 heteroatoms. The number of aryl methyl sites for hydroxylation is 1. The van der Waals surface area contributed by atoms with Gasteiger partial charge in [-0.3, -0.25) is 8.98 Å². The Balaban J connectivity index is 1.26. The fourth-order valence-electron chi connectivity index (χ4n) is 9.54. The number of esters is 1. The highest BCUT2D eigenvalue weighted by Crippen LogP contribution is 2.68. The van der Waals surface area contributed by atoms with Gasteiger partial charge in [-0.05, 0) is 94.1 Å². The van der Waals surface area contributed by atoms with Crippen molar-refractivity contribution in [1.82, 2.24) is 0 Å². The molecule has 7 nitrogen and oxygen atoms in total. The van der Waals surface area contributed by atoms with Crippen molar-refractivity contribution in [3.8, 4) is 0 Å². The molecule has 40 heavy (non-hydrogen) atoms. The maximum atomic E-state index is 13.0. The standard InChI is InChI=1S/C32H44O7S/c1-20-6-9-24(10-7-20)40(34,35)39-23-14-15-30(3)22(18-23)8-11-25-26-12-13-28(32(5)36-16-17-37-32)31(26,4)29(19-27(25)30)38-21(2)33/h6-10,23,25-29H,11-19H2,1-5H3/t23-,25?,26?,27?,28?,29+,30-,31-/m0/s1. The minimum atomic E-state index is -3.83. The summed E-state index contributed by atoms with van der Waals surface area (Å²) in [5, 5.41) is 0. The van der Waals surface area contributed by atoms with E-state index in [0.29, 0.717) is 43.8 Å². The van der Waals surface area contributed by atoms with Gasteiger partial charge in [0.25, 0.3) is 10.1 Å². The molecule has 4 aliphatic carbocycles. The number of allylic oxidation sites excluding steroid dienone is 1. The molecule has 0 N–H and O–H groups in total. The molecule has 0 spiro atoms. The highest BCUT2D eigenvalue weighted by molar-refractivity contribution is 7.86. The quantitative estimate of drug-likeness (QED) is 0.245. The van der Waals surface area contributed by atoms with Crippen LogP contribution in [0.25, 0.3) is 0 Å². The van der Waals surface area contributed by atoms with Gasteiger partial charge in [0.05, 0.1) is 24.2 Å². The summed E-state index contributed by atoms with van der Waals surface area (Å²) in [5.41, 5.74) is 2.02. The molecule has 1 aromatic carbocycles. The number of benzene rings is 1. The monoisotopic (exact) mass is 572 g/mol. The molecule has 0 radical (unpaired) electrons. The van der Waals surface area contributed by atoms with E-state index in [1.165, 1.54) is 12.5 Å². The number of carbonyl (C=O) groups is 1. The predicted octanol–water partition coefficient (Wildman–Crippen LogP) is 5.95. The SMILES string of the molecule is CC(=O)O[C@@H]1CC2C(CC=C3C[C@@H](OS(=O)(=O)c4ccc(C)cc4)CC[C@@]32C)C2CCC(C3(C)OCCO3)[C@]21C. The first-order valence-corrected chi connectivity index (χ1v) is 16.4. The minimum Gasteiger partial charge on any atom is -0.462 e. The van der Waals surface area contributed by atoms with Gasteiger partial charge in [0, 0.05) is 18.3 Å². The van der Waals surface area contributed by atoms with Crippen LogP contribution in [0.1, 0.15) is 78.2 Å². The zero-order valence-corrected chi connectivity index (χ0v) is 25.3. The molecule has 1 aromatic rings. The van der Waals surface area contributed by atoms with Crippen molar-refractivity contribution in [3.63, 3.8) is 0 Å². The second kappa shape index (κ2) is 9.92. The van der Waals surface area contributed by atoms with Crippen LogP contribution in [0.15, 0.2) is 40.8 Å². The molecule has 1 aliphatic heterocycles. The fourth-order valence-corrected chi connectivity index (χ4v) is 10.6. The number of carbonyl (C=O) groups excluding carboxylic acids is 1. The molecule has 1 heterocycles. The number of ether oxygens (including phenoxy) is 3. The van der Waals surface area contributed by atoms with E-state index in [2.05, 4.69) is 26.8 Å². The van der Waals surface area contributed by atoms with Crippen LogP contribution >= 0.6 is 0 Å². The van der Waals surface area contributed by atoms with E-state index in [1.807, 2.05) is 6.92 Å². The van der Waals surface area contributed by atoms with E-state index >= 15 is 0 Å². The van der Waals surface area contributed by atoms with Crippen molar-refractivity contribution in [1.29, 1.82) is 0 Å². The number of hydrogen-bond donors (Lipinski definition) is 0. The second-order valence-corrected chi connectivity index (χ2v) is 15.1. The maximum absolute atomic E-state index is 13.0. The summed E-state index contributed by atoms with van der Waals surface area (Å²) < 4.78 is 50.4. The van der Waals surface area contributed by atoms with E-state index in [1.54, 1.807) is 24.3 Å². The number of hydrogen-bond acceptors (Lipinski definition) is 7. The second-order valence-electron chi connectivity index (χ2n) is 13.5. The first-order chi connectivity index (χ1) is 18.9. The fraction of sp³-hybridized carbons (Fsp3) is 0.719. The summed E-state index contributed by atoms with van der Waals surface area (Å²) in [6.07, 6.45) is 7.82. The van der Waals surface area contributed by atoms with Crippen LogP contribution in [0.3, 0.4) is 0 Å². The van der Waals surface area contributed by atoms with E-state index in [9.17, 15) is 13.2 Å². The van der Waals surface area contributed by atoms with Crippen molar-refractivity contribution >= 4 is 16.1 Å². The third-order valence-electron chi connectivity index (χ3n) is 11.5. The summed E-state index contributed by atoms with van der Waals surface area (Å²) in [5.74, 6) is 0.522. The van der Waals surface area contributed by atoms with Gasteiger partial charge in [0.1, 0.15) is 6.10 Å². The minimum absolute atomic E-state index is 0.0710. The summed E-state index contributed by atoms with van der Waals surface area (Å²) in [4.78, 5) is 12.6. The topological polar surface area (TPSA) is 88.1 Å². The van der Waals surface area contributed by atoms with Crippen LogP contribution in [0, 0.1) is 41.4 Å². The summed E-state index contributed by atoms with van der Waals surface area (Å²) in [7, 11) is -3.83. The lowest BCUT2D eigenvalue weighted by Crippen LogP contribution is -2.60. The van der Waals surface area contributed by atoms with Crippen molar-refractivity contribution in [2.45, 2.75) is 102 Å². The Morgan fingerprint density at radius 2 is 1.70 bits per heavy atom. The molecule has 3 saturated carbocycles. The molecule has 1 saturated heterocycles. The van der Waals surface area contributed by atoms with E-state index in [0.717, 1.165) is 37.7 Å². The Labute approximate surface area is 239 Å². The Kier molecular flexibility index (Phi) is 7.04. The smallest absolute Gasteiger partial charge is 0.302 e. The van der Waals surface area contributed by atoms with Gasteiger partial charge in [-0.25, -0.2) is 0 Å². The van der Waals surface area contributed by atoms with Gasteiger partial charge in [0.2, 0.25) is 0 Å².